The van der Waals surface area contributed by atoms with Gasteiger partial charge in [0.05, 0.1) is 13.2 Å². The van der Waals surface area contributed by atoms with Crippen molar-refractivity contribution >= 4 is 7.82 Å². The lowest BCUT2D eigenvalue weighted by Crippen LogP contribution is -2.38. The Morgan fingerprint density at radius 2 is 0.875 bits per heavy atom. The molecular weight excluding hydrogens is 427 g/mol. The number of unbranched alkanes of at least 4 members (excludes halogenated alkanes) is 16. The zero-order valence-electron chi connectivity index (χ0n) is 21.3. The molecule has 0 rings (SSSR count). The van der Waals surface area contributed by atoms with Crippen molar-refractivity contribution < 1.29 is 28.3 Å². The summed E-state index contributed by atoms with van der Waals surface area (Å²) in [4.78, 5) is 18.7. The summed E-state index contributed by atoms with van der Waals surface area (Å²) in [6.07, 6.45) is 21.8. The summed E-state index contributed by atoms with van der Waals surface area (Å²) in [5, 5.41) is 0. The van der Waals surface area contributed by atoms with Gasteiger partial charge in [0.15, 0.2) is 0 Å². The predicted molar refractivity (Wildman–Crippen MR) is 133 cm³/mol. The normalized spacial score (nSPS) is 12.5. The summed E-state index contributed by atoms with van der Waals surface area (Å²) in [6, 6.07) is 0. The summed E-state index contributed by atoms with van der Waals surface area (Å²) in [6.45, 7) is 6.98. The van der Waals surface area contributed by atoms with Crippen LogP contribution in [-0.4, -0.2) is 29.0 Å². The van der Waals surface area contributed by atoms with Crippen molar-refractivity contribution in [3.63, 3.8) is 0 Å². The van der Waals surface area contributed by atoms with E-state index in [1.54, 1.807) is 6.92 Å². The maximum atomic E-state index is 11.5. The Hall–Kier alpha value is 0.0300. The molecule has 0 radical (unpaired) electrons. The summed E-state index contributed by atoms with van der Waals surface area (Å²) >= 11 is 0. The van der Waals surface area contributed by atoms with Gasteiger partial charge in [-0.1, -0.05) is 124 Å². The first-order valence-electron chi connectivity index (χ1n) is 13.4. The number of ether oxygens (including phenoxy) is 2. The van der Waals surface area contributed by atoms with E-state index in [0.29, 0.717) is 13.2 Å². The van der Waals surface area contributed by atoms with E-state index < -0.39 is 13.8 Å². The van der Waals surface area contributed by atoms with Crippen molar-refractivity contribution in [3.05, 3.63) is 0 Å². The monoisotopic (exact) mass is 480 g/mol. The second kappa shape index (κ2) is 21.6. The lowest BCUT2D eigenvalue weighted by atomic mass is 10.1. The van der Waals surface area contributed by atoms with Gasteiger partial charge in [-0.25, -0.2) is 9.09 Å². The van der Waals surface area contributed by atoms with E-state index in [4.69, 9.17) is 14.0 Å². The largest absolute Gasteiger partial charge is 0.473 e. The van der Waals surface area contributed by atoms with E-state index in [9.17, 15) is 14.4 Å². The fourth-order valence-corrected chi connectivity index (χ4v) is 4.42. The first kappa shape index (κ1) is 32.0. The van der Waals surface area contributed by atoms with Crippen LogP contribution in [0.5, 0.6) is 0 Å². The molecule has 0 aliphatic heterocycles. The highest BCUT2D eigenvalue weighted by Crippen LogP contribution is 2.43. The van der Waals surface area contributed by atoms with Crippen LogP contribution in [0.3, 0.4) is 0 Å². The van der Waals surface area contributed by atoms with E-state index in [1.807, 2.05) is 0 Å². The first-order valence-corrected chi connectivity index (χ1v) is 15.0. The van der Waals surface area contributed by atoms with Crippen LogP contribution < -0.4 is 0 Å². The molecule has 0 unspecified atom stereocenters. The minimum absolute atomic E-state index is 0.229. The third-order valence-corrected chi connectivity index (χ3v) is 6.35. The molecule has 0 spiro atoms. The predicted octanol–water partition coefficient (Wildman–Crippen LogP) is 8.25. The van der Waals surface area contributed by atoms with Crippen molar-refractivity contribution in [3.8, 4) is 0 Å². The van der Waals surface area contributed by atoms with Crippen molar-refractivity contribution in [2.24, 2.45) is 0 Å². The molecule has 0 aliphatic rings. The Balaban J connectivity index is 4.09. The van der Waals surface area contributed by atoms with Crippen LogP contribution in [0.4, 0.5) is 0 Å². The zero-order chi connectivity index (χ0) is 24.0. The van der Waals surface area contributed by atoms with E-state index in [-0.39, 0.29) is 6.42 Å². The Morgan fingerprint density at radius 1 is 0.562 bits per heavy atom. The third kappa shape index (κ3) is 20.6. The van der Waals surface area contributed by atoms with Crippen molar-refractivity contribution in [1.29, 1.82) is 0 Å². The third-order valence-electron chi connectivity index (χ3n) is 5.83. The smallest absolute Gasteiger partial charge is 0.327 e. The summed E-state index contributed by atoms with van der Waals surface area (Å²) in [5.74, 6) is -1.65. The average Bonchev–Trinajstić information content (AvgIpc) is 2.75. The molecule has 0 aromatic rings. The molecule has 0 aromatic carbocycles. The van der Waals surface area contributed by atoms with Gasteiger partial charge in [-0.2, -0.15) is 0 Å². The molecule has 0 amide bonds. The van der Waals surface area contributed by atoms with Crippen LogP contribution in [0.25, 0.3) is 0 Å². The molecule has 0 atom stereocenters. The van der Waals surface area contributed by atoms with E-state index in [0.717, 1.165) is 38.5 Å². The lowest BCUT2D eigenvalue weighted by Gasteiger charge is -2.32. The quantitative estimate of drug-likeness (QED) is 0.0777. The molecule has 194 valence electrons. The molecule has 0 bridgehead atoms. The highest BCUT2D eigenvalue weighted by Gasteiger charge is 2.39. The molecule has 0 saturated heterocycles. The standard InChI is InChI=1S/C25H53O6P/c1-4-7-9-11-13-15-17-19-21-23-29-25(6-3,31-32(26,27)28)30-24-22-20-18-16-14-12-10-8-5-2/h4-24H2,1-3H3,(H2,26,27,28). The van der Waals surface area contributed by atoms with Crippen LogP contribution >= 0.6 is 7.82 Å². The molecule has 32 heavy (non-hydrogen) atoms. The van der Waals surface area contributed by atoms with E-state index >= 15 is 0 Å². The van der Waals surface area contributed by atoms with Crippen LogP contribution in [0, 0.1) is 0 Å². The number of hydrogen-bond donors (Lipinski definition) is 2. The molecule has 7 heteroatoms. The minimum Gasteiger partial charge on any atom is -0.327 e. The number of phosphoric acid groups is 1. The number of rotatable bonds is 25. The van der Waals surface area contributed by atoms with Crippen molar-refractivity contribution in [2.45, 2.75) is 149 Å². The first-order chi connectivity index (χ1) is 15.4. The van der Waals surface area contributed by atoms with Crippen molar-refractivity contribution in [1.82, 2.24) is 0 Å². The maximum absolute atomic E-state index is 11.5. The highest BCUT2D eigenvalue weighted by molar-refractivity contribution is 7.46. The van der Waals surface area contributed by atoms with Crippen LogP contribution in [0.2, 0.25) is 0 Å². The molecule has 2 N–H and O–H groups in total. The fraction of sp³-hybridized carbons (Fsp3) is 1.00. The Labute approximate surface area is 198 Å². The van der Waals surface area contributed by atoms with Gasteiger partial charge in [0.1, 0.15) is 0 Å². The number of hydrogen-bond acceptors (Lipinski definition) is 4. The van der Waals surface area contributed by atoms with Crippen LogP contribution in [0.1, 0.15) is 143 Å². The lowest BCUT2D eigenvalue weighted by molar-refractivity contribution is -0.350. The average molecular weight is 481 g/mol. The van der Waals surface area contributed by atoms with Crippen LogP contribution in [-0.2, 0) is 18.6 Å². The SMILES string of the molecule is CCCCCCCCCCCOC(CC)(OCCCCCCCCCCC)OP(=O)(O)O. The van der Waals surface area contributed by atoms with Gasteiger partial charge in [-0.3, -0.25) is 0 Å². The van der Waals surface area contributed by atoms with Gasteiger partial charge in [-0.15, -0.1) is 0 Å². The van der Waals surface area contributed by atoms with E-state index in [1.165, 1.54) is 77.0 Å². The molecular formula is C25H53O6P. The molecule has 0 saturated carbocycles. The summed E-state index contributed by atoms with van der Waals surface area (Å²) in [5.41, 5.74) is 0. The molecule has 0 fully saturated rings. The minimum atomic E-state index is -4.71. The second-order valence-corrected chi connectivity index (χ2v) is 10.1. The van der Waals surface area contributed by atoms with Gasteiger partial charge in [-0.05, 0) is 12.8 Å². The Morgan fingerprint density at radius 3 is 1.16 bits per heavy atom. The van der Waals surface area contributed by atoms with Gasteiger partial charge < -0.3 is 19.3 Å². The zero-order valence-corrected chi connectivity index (χ0v) is 22.2. The molecule has 0 aromatic heterocycles. The highest BCUT2D eigenvalue weighted by atomic mass is 31.2. The second-order valence-electron chi connectivity index (χ2n) is 8.97. The van der Waals surface area contributed by atoms with Gasteiger partial charge in [0.2, 0.25) is 0 Å². The molecule has 0 heterocycles. The number of phosphoric ester groups is 1. The van der Waals surface area contributed by atoms with Gasteiger partial charge in [0.25, 0.3) is 5.97 Å². The van der Waals surface area contributed by atoms with E-state index in [2.05, 4.69) is 13.8 Å². The Kier molecular flexibility index (Phi) is 21.6. The van der Waals surface area contributed by atoms with Gasteiger partial charge in [0, 0.05) is 6.42 Å². The maximum Gasteiger partial charge on any atom is 0.473 e. The summed E-state index contributed by atoms with van der Waals surface area (Å²) < 4.78 is 28.0. The van der Waals surface area contributed by atoms with Crippen LogP contribution in [0.15, 0.2) is 0 Å². The van der Waals surface area contributed by atoms with Gasteiger partial charge >= 0.3 is 7.82 Å². The summed E-state index contributed by atoms with van der Waals surface area (Å²) in [7, 11) is -4.71. The topological polar surface area (TPSA) is 85.2 Å². The molecule has 0 aliphatic carbocycles. The Bertz CT molecular complexity index is 416. The molecule has 6 nitrogen and oxygen atoms in total. The fourth-order valence-electron chi connectivity index (χ4n) is 3.83. The van der Waals surface area contributed by atoms with Crippen molar-refractivity contribution in [2.75, 3.05) is 13.2 Å².